The second-order valence-corrected chi connectivity index (χ2v) is 5.45. The topological polar surface area (TPSA) is 55.1 Å². The average molecular weight is 292 g/mol. The minimum atomic E-state index is -0.502. The predicted octanol–water partition coefficient (Wildman–Crippen LogP) is 3.01. The first-order chi connectivity index (χ1) is 10.6. The molecule has 22 heavy (non-hydrogen) atoms. The van der Waals surface area contributed by atoms with Crippen LogP contribution in [0, 0.1) is 17.8 Å². The molecule has 0 spiro atoms. The van der Waals surface area contributed by atoms with Crippen LogP contribution >= 0.6 is 0 Å². The lowest BCUT2D eigenvalue weighted by Crippen LogP contribution is -2.39. The molecule has 0 aliphatic rings. The van der Waals surface area contributed by atoms with Crippen molar-refractivity contribution in [2.24, 2.45) is 11.7 Å². The van der Waals surface area contributed by atoms with Gasteiger partial charge < -0.3 is 11.1 Å². The molecule has 112 valence electrons. The van der Waals surface area contributed by atoms with E-state index in [-0.39, 0.29) is 11.8 Å². The number of benzene rings is 2. The third-order valence-corrected chi connectivity index (χ3v) is 3.30. The lowest BCUT2D eigenvalue weighted by Gasteiger charge is -2.15. The molecule has 2 aromatic carbocycles. The molecule has 1 amide bonds. The molecule has 2 rings (SSSR count). The largest absolute Gasteiger partial charge is 0.325 e. The molecule has 0 saturated carbocycles. The van der Waals surface area contributed by atoms with E-state index in [4.69, 9.17) is 5.73 Å². The van der Waals surface area contributed by atoms with Crippen molar-refractivity contribution in [3.8, 4) is 11.8 Å². The van der Waals surface area contributed by atoms with E-state index in [9.17, 15) is 4.79 Å². The predicted molar refractivity (Wildman–Crippen MR) is 90.3 cm³/mol. The molecule has 0 aliphatic heterocycles. The summed E-state index contributed by atoms with van der Waals surface area (Å²) in [5.41, 5.74) is 8.42. The molecule has 0 heterocycles. The number of anilines is 1. The molecule has 1 unspecified atom stereocenters. The molecule has 0 fully saturated rings. The number of carbonyl (C=O) groups is 1. The number of hydrogen-bond acceptors (Lipinski definition) is 2. The smallest absolute Gasteiger partial charge is 0.241 e. The summed E-state index contributed by atoms with van der Waals surface area (Å²) in [6.07, 6.45) is 0. The highest BCUT2D eigenvalue weighted by atomic mass is 16.2. The van der Waals surface area contributed by atoms with Crippen LogP contribution in [0.5, 0.6) is 0 Å². The standard InChI is InChI=1S/C19H20N2O/c1-14(2)18(20)19(22)21-17-12-10-16(11-13-17)9-8-15-6-4-3-5-7-15/h3-7,10-14,18H,20H2,1-2H3,(H,21,22). The first-order valence-corrected chi connectivity index (χ1v) is 7.30. The lowest BCUT2D eigenvalue weighted by molar-refractivity contribution is -0.118. The summed E-state index contributed by atoms with van der Waals surface area (Å²) in [5, 5.41) is 2.81. The van der Waals surface area contributed by atoms with E-state index in [1.54, 1.807) is 0 Å². The van der Waals surface area contributed by atoms with Crippen molar-refractivity contribution in [1.29, 1.82) is 0 Å². The van der Waals surface area contributed by atoms with E-state index in [0.29, 0.717) is 0 Å². The van der Waals surface area contributed by atoms with Crippen molar-refractivity contribution < 1.29 is 4.79 Å². The van der Waals surface area contributed by atoms with Gasteiger partial charge in [0.05, 0.1) is 6.04 Å². The van der Waals surface area contributed by atoms with Crippen LogP contribution < -0.4 is 11.1 Å². The van der Waals surface area contributed by atoms with E-state index in [0.717, 1.165) is 16.8 Å². The number of nitrogens with two attached hydrogens (primary N) is 1. The summed E-state index contributed by atoms with van der Waals surface area (Å²) in [4.78, 5) is 11.9. The molecule has 3 nitrogen and oxygen atoms in total. The molecule has 3 N–H and O–H groups in total. The molecule has 0 radical (unpaired) electrons. The van der Waals surface area contributed by atoms with E-state index in [2.05, 4.69) is 17.2 Å². The Bertz CT molecular complexity index is 679. The molecular weight excluding hydrogens is 272 g/mol. The molecular formula is C19H20N2O. The fourth-order valence-electron chi connectivity index (χ4n) is 1.83. The molecule has 3 heteroatoms. The van der Waals surface area contributed by atoms with Gasteiger partial charge in [-0.2, -0.15) is 0 Å². The van der Waals surface area contributed by atoms with Crippen molar-refractivity contribution in [3.63, 3.8) is 0 Å². The Morgan fingerprint density at radius 1 is 0.955 bits per heavy atom. The Balaban J connectivity index is 2.02. The average Bonchev–Trinajstić information content (AvgIpc) is 2.54. The van der Waals surface area contributed by atoms with Crippen LogP contribution in [0.4, 0.5) is 5.69 Å². The van der Waals surface area contributed by atoms with Gasteiger partial charge in [-0.25, -0.2) is 0 Å². The van der Waals surface area contributed by atoms with Crippen LogP contribution in [-0.2, 0) is 4.79 Å². The normalized spacial score (nSPS) is 11.5. The van der Waals surface area contributed by atoms with Crippen molar-refractivity contribution in [3.05, 3.63) is 65.7 Å². The first kappa shape index (κ1) is 15.8. The maximum atomic E-state index is 11.9. The Morgan fingerprint density at radius 3 is 2.05 bits per heavy atom. The van der Waals surface area contributed by atoms with Gasteiger partial charge in [-0.1, -0.05) is 43.9 Å². The van der Waals surface area contributed by atoms with E-state index in [1.165, 1.54) is 0 Å². The highest BCUT2D eigenvalue weighted by Gasteiger charge is 2.16. The highest BCUT2D eigenvalue weighted by Crippen LogP contribution is 2.10. The van der Waals surface area contributed by atoms with Gasteiger partial charge in [0.1, 0.15) is 0 Å². The molecule has 0 bridgehead atoms. The van der Waals surface area contributed by atoms with Crippen molar-refractivity contribution >= 4 is 11.6 Å². The summed E-state index contributed by atoms with van der Waals surface area (Å²) >= 11 is 0. The monoisotopic (exact) mass is 292 g/mol. The second kappa shape index (κ2) is 7.44. The number of amides is 1. The van der Waals surface area contributed by atoms with Crippen LogP contribution in [0.25, 0.3) is 0 Å². The van der Waals surface area contributed by atoms with Gasteiger partial charge in [-0.05, 0) is 42.3 Å². The fraction of sp³-hybridized carbons (Fsp3) is 0.211. The van der Waals surface area contributed by atoms with Gasteiger partial charge >= 0.3 is 0 Å². The van der Waals surface area contributed by atoms with E-state index >= 15 is 0 Å². The first-order valence-electron chi connectivity index (χ1n) is 7.30. The zero-order valence-electron chi connectivity index (χ0n) is 12.8. The Labute approximate surface area is 131 Å². The van der Waals surface area contributed by atoms with Crippen molar-refractivity contribution in [2.45, 2.75) is 19.9 Å². The molecule has 0 aromatic heterocycles. The second-order valence-electron chi connectivity index (χ2n) is 5.45. The third-order valence-electron chi connectivity index (χ3n) is 3.30. The zero-order valence-corrected chi connectivity index (χ0v) is 12.8. The Kier molecular flexibility index (Phi) is 5.35. The number of hydrogen-bond donors (Lipinski definition) is 2. The maximum absolute atomic E-state index is 11.9. The minimum Gasteiger partial charge on any atom is -0.325 e. The molecule has 0 aliphatic carbocycles. The summed E-state index contributed by atoms with van der Waals surface area (Å²) < 4.78 is 0. The minimum absolute atomic E-state index is 0.107. The van der Waals surface area contributed by atoms with Gasteiger partial charge in [0, 0.05) is 16.8 Å². The molecule has 2 aromatic rings. The highest BCUT2D eigenvalue weighted by molar-refractivity contribution is 5.94. The third kappa shape index (κ3) is 4.47. The quantitative estimate of drug-likeness (QED) is 0.854. The number of rotatable bonds is 3. The summed E-state index contributed by atoms with van der Waals surface area (Å²) in [6.45, 7) is 3.85. The van der Waals surface area contributed by atoms with Crippen LogP contribution in [0.2, 0.25) is 0 Å². The lowest BCUT2D eigenvalue weighted by atomic mass is 10.0. The zero-order chi connectivity index (χ0) is 15.9. The Morgan fingerprint density at radius 2 is 1.50 bits per heavy atom. The fourth-order valence-corrected chi connectivity index (χ4v) is 1.83. The van der Waals surface area contributed by atoms with Crippen LogP contribution in [-0.4, -0.2) is 11.9 Å². The summed E-state index contributed by atoms with van der Waals surface area (Å²) in [7, 11) is 0. The number of carbonyl (C=O) groups excluding carboxylic acids is 1. The van der Waals surface area contributed by atoms with Gasteiger partial charge in [-0.3, -0.25) is 4.79 Å². The van der Waals surface area contributed by atoms with Crippen LogP contribution in [0.15, 0.2) is 54.6 Å². The summed E-state index contributed by atoms with van der Waals surface area (Å²) in [5.74, 6) is 6.13. The van der Waals surface area contributed by atoms with Crippen LogP contribution in [0.1, 0.15) is 25.0 Å². The SMILES string of the molecule is CC(C)C(N)C(=O)Nc1ccc(C#Cc2ccccc2)cc1. The van der Waals surface area contributed by atoms with Gasteiger partial charge in [-0.15, -0.1) is 0 Å². The number of nitrogens with one attached hydrogen (secondary N) is 1. The van der Waals surface area contributed by atoms with E-state index < -0.39 is 6.04 Å². The van der Waals surface area contributed by atoms with Gasteiger partial charge in [0.2, 0.25) is 5.91 Å². The van der Waals surface area contributed by atoms with Gasteiger partial charge in [0.15, 0.2) is 0 Å². The van der Waals surface area contributed by atoms with Gasteiger partial charge in [0.25, 0.3) is 0 Å². The van der Waals surface area contributed by atoms with Crippen molar-refractivity contribution in [1.82, 2.24) is 0 Å². The Hall–Kier alpha value is -2.57. The van der Waals surface area contributed by atoms with Crippen molar-refractivity contribution in [2.75, 3.05) is 5.32 Å². The summed E-state index contributed by atoms with van der Waals surface area (Å²) in [6, 6.07) is 16.7. The maximum Gasteiger partial charge on any atom is 0.241 e. The molecule has 1 atom stereocenters. The van der Waals surface area contributed by atoms with Crippen LogP contribution in [0.3, 0.4) is 0 Å². The molecule has 0 saturated heterocycles. The van der Waals surface area contributed by atoms with E-state index in [1.807, 2.05) is 68.4 Å².